The van der Waals surface area contributed by atoms with Crippen molar-refractivity contribution in [3.8, 4) is 0 Å². The molecule has 0 saturated carbocycles. The van der Waals surface area contributed by atoms with E-state index in [1.807, 2.05) is 0 Å². The molecule has 1 atom stereocenters. The zero-order valence-corrected chi connectivity index (χ0v) is 18.4. The number of nitrogens with one attached hydrogen (secondary N) is 1. The van der Waals surface area contributed by atoms with Crippen LogP contribution in [-0.4, -0.2) is 27.9 Å². The van der Waals surface area contributed by atoms with Gasteiger partial charge in [0.2, 0.25) is 0 Å². The lowest BCUT2D eigenvalue weighted by Crippen LogP contribution is -2.34. The van der Waals surface area contributed by atoms with Gasteiger partial charge in [-0.3, -0.25) is 0 Å². The van der Waals surface area contributed by atoms with Gasteiger partial charge in [0.1, 0.15) is 10.6 Å². The summed E-state index contributed by atoms with van der Waals surface area (Å²) in [6.45, 7) is 8.09. The third-order valence-corrected chi connectivity index (χ3v) is 7.22. The molecule has 3 heterocycles. The number of thioether (sulfide) groups is 1. The minimum Gasteiger partial charge on any atom is -0.369 e. The number of hydrogen-bond acceptors (Lipinski definition) is 6. The lowest BCUT2D eigenvalue weighted by Gasteiger charge is -2.33. The second kappa shape index (κ2) is 8.39. The fourth-order valence-electron chi connectivity index (χ4n) is 3.57. The van der Waals surface area contributed by atoms with E-state index in [4.69, 9.17) is 14.7 Å². The Morgan fingerprint density at radius 3 is 2.79 bits per heavy atom. The SMILES string of the molecule is CCSc1nc(NCCc2ccccc2)c2c3c(sc2n1)CO[C@@](C)(CC)C3. The van der Waals surface area contributed by atoms with Gasteiger partial charge in [0, 0.05) is 17.8 Å². The molecule has 4 nitrogen and oxygen atoms in total. The van der Waals surface area contributed by atoms with Gasteiger partial charge in [0.15, 0.2) is 5.16 Å². The smallest absolute Gasteiger partial charge is 0.190 e. The molecular formula is C22H27N3OS2. The van der Waals surface area contributed by atoms with Crippen LogP contribution < -0.4 is 5.32 Å². The first-order valence-corrected chi connectivity index (χ1v) is 11.8. The summed E-state index contributed by atoms with van der Waals surface area (Å²) in [4.78, 5) is 12.1. The van der Waals surface area contributed by atoms with Crippen molar-refractivity contribution in [3.05, 3.63) is 46.3 Å². The van der Waals surface area contributed by atoms with E-state index in [1.165, 1.54) is 21.4 Å². The van der Waals surface area contributed by atoms with Gasteiger partial charge in [-0.2, -0.15) is 0 Å². The maximum atomic E-state index is 6.16. The van der Waals surface area contributed by atoms with E-state index in [0.29, 0.717) is 6.61 Å². The van der Waals surface area contributed by atoms with Crippen LogP contribution >= 0.6 is 23.1 Å². The average Bonchev–Trinajstić information content (AvgIpc) is 3.06. The summed E-state index contributed by atoms with van der Waals surface area (Å²) < 4.78 is 6.16. The number of hydrogen-bond donors (Lipinski definition) is 1. The summed E-state index contributed by atoms with van der Waals surface area (Å²) in [5.74, 6) is 1.95. The fourth-order valence-corrected chi connectivity index (χ4v) is 5.30. The molecule has 0 unspecified atom stereocenters. The summed E-state index contributed by atoms with van der Waals surface area (Å²) in [5, 5.41) is 5.68. The highest BCUT2D eigenvalue weighted by Gasteiger charge is 2.33. The molecule has 2 aromatic heterocycles. The van der Waals surface area contributed by atoms with Crippen LogP contribution in [0.15, 0.2) is 35.5 Å². The van der Waals surface area contributed by atoms with Gasteiger partial charge in [0.25, 0.3) is 0 Å². The lowest BCUT2D eigenvalue weighted by atomic mass is 9.90. The fraction of sp³-hybridized carbons (Fsp3) is 0.455. The van der Waals surface area contributed by atoms with Crippen molar-refractivity contribution in [1.82, 2.24) is 9.97 Å². The zero-order valence-electron chi connectivity index (χ0n) is 16.7. The van der Waals surface area contributed by atoms with Gasteiger partial charge in [-0.1, -0.05) is 55.9 Å². The summed E-state index contributed by atoms with van der Waals surface area (Å²) in [5.41, 5.74) is 2.62. The lowest BCUT2D eigenvalue weighted by molar-refractivity contribution is -0.0542. The molecule has 6 heteroatoms. The van der Waals surface area contributed by atoms with Gasteiger partial charge in [-0.15, -0.1) is 11.3 Å². The molecule has 148 valence electrons. The van der Waals surface area contributed by atoms with Crippen molar-refractivity contribution in [1.29, 1.82) is 0 Å². The van der Waals surface area contributed by atoms with E-state index in [9.17, 15) is 0 Å². The average molecular weight is 414 g/mol. The van der Waals surface area contributed by atoms with Crippen molar-refractivity contribution in [2.24, 2.45) is 0 Å². The molecule has 1 aromatic carbocycles. The Morgan fingerprint density at radius 1 is 1.21 bits per heavy atom. The number of ether oxygens (including phenoxy) is 1. The largest absolute Gasteiger partial charge is 0.369 e. The molecule has 0 fully saturated rings. The number of nitrogens with zero attached hydrogens (tertiary/aromatic N) is 2. The predicted molar refractivity (Wildman–Crippen MR) is 120 cm³/mol. The van der Waals surface area contributed by atoms with Gasteiger partial charge in [-0.05, 0) is 36.6 Å². The van der Waals surface area contributed by atoms with Crippen LogP contribution in [0.5, 0.6) is 0 Å². The van der Waals surface area contributed by atoms with Crippen molar-refractivity contribution in [2.45, 2.75) is 57.4 Å². The number of rotatable bonds is 7. The van der Waals surface area contributed by atoms with Crippen LogP contribution in [0.1, 0.15) is 43.2 Å². The number of anilines is 1. The molecule has 0 bridgehead atoms. The molecule has 4 rings (SSSR count). The summed E-state index contributed by atoms with van der Waals surface area (Å²) in [6.07, 6.45) is 2.91. The first-order valence-electron chi connectivity index (χ1n) is 9.98. The van der Waals surface area contributed by atoms with Gasteiger partial charge in [0.05, 0.1) is 17.6 Å². The first kappa shape index (κ1) is 19.7. The molecule has 0 aliphatic carbocycles. The molecule has 3 aromatic rings. The molecule has 0 saturated heterocycles. The van der Waals surface area contributed by atoms with Gasteiger partial charge < -0.3 is 10.1 Å². The number of aromatic nitrogens is 2. The monoisotopic (exact) mass is 413 g/mol. The van der Waals surface area contributed by atoms with E-state index in [0.717, 1.165) is 47.4 Å². The van der Waals surface area contributed by atoms with Crippen LogP contribution in [0.4, 0.5) is 5.82 Å². The first-order chi connectivity index (χ1) is 13.6. The van der Waals surface area contributed by atoms with Crippen molar-refractivity contribution in [2.75, 3.05) is 17.6 Å². The minimum atomic E-state index is -0.0981. The molecule has 1 aliphatic rings. The number of benzene rings is 1. The van der Waals surface area contributed by atoms with Crippen LogP contribution in [0.25, 0.3) is 10.2 Å². The van der Waals surface area contributed by atoms with E-state index >= 15 is 0 Å². The molecule has 0 spiro atoms. The maximum Gasteiger partial charge on any atom is 0.190 e. The predicted octanol–water partition coefficient (Wildman–Crippen LogP) is 5.70. The van der Waals surface area contributed by atoms with Crippen LogP contribution in [-0.2, 0) is 24.2 Å². The molecule has 0 amide bonds. The quantitative estimate of drug-likeness (QED) is 0.398. The van der Waals surface area contributed by atoms with E-state index in [2.05, 4.69) is 56.4 Å². The maximum absolute atomic E-state index is 6.16. The minimum absolute atomic E-state index is 0.0981. The second-order valence-electron chi connectivity index (χ2n) is 7.40. The molecule has 1 N–H and O–H groups in total. The summed E-state index contributed by atoms with van der Waals surface area (Å²) >= 11 is 3.46. The number of fused-ring (bicyclic) bond motifs is 3. The Kier molecular flexibility index (Phi) is 5.90. The summed E-state index contributed by atoms with van der Waals surface area (Å²) in [6, 6.07) is 10.6. The molecular weight excluding hydrogens is 386 g/mol. The van der Waals surface area contributed by atoms with Crippen molar-refractivity contribution in [3.63, 3.8) is 0 Å². The van der Waals surface area contributed by atoms with Crippen molar-refractivity contribution < 1.29 is 4.74 Å². The highest BCUT2D eigenvalue weighted by Crippen LogP contribution is 2.42. The highest BCUT2D eigenvalue weighted by atomic mass is 32.2. The zero-order chi connectivity index (χ0) is 19.6. The Morgan fingerprint density at radius 2 is 2.04 bits per heavy atom. The third-order valence-electron chi connectivity index (χ3n) is 5.39. The Hall–Kier alpha value is -1.63. The highest BCUT2D eigenvalue weighted by molar-refractivity contribution is 7.99. The van der Waals surface area contributed by atoms with E-state index in [-0.39, 0.29) is 5.60 Å². The van der Waals surface area contributed by atoms with E-state index < -0.39 is 0 Å². The van der Waals surface area contributed by atoms with Gasteiger partial charge in [-0.25, -0.2) is 9.97 Å². The third kappa shape index (κ3) is 4.04. The Balaban J connectivity index is 1.67. The standard InChI is InChI=1S/C22H27N3OS2/c1-4-22(3)13-16-17(14-26-22)28-20-18(16)19(24-21(25-20)27-5-2)23-12-11-15-9-7-6-8-10-15/h6-10H,4-5,11-14H2,1-3H3,(H,23,24,25)/t22-/m0/s1. The van der Waals surface area contributed by atoms with Crippen LogP contribution in [0, 0.1) is 0 Å². The number of thiophene rings is 1. The van der Waals surface area contributed by atoms with Crippen molar-refractivity contribution >= 4 is 39.1 Å². The van der Waals surface area contributed by atoms with Gasteiger partial charge >= 0.3 is 0 Å². The Bertz CT molecular complexity index is 957. The molecule has 0 radical (unpaired) electrons. The van der Waals surface area contributed by atoms with Crippen LogP contribution in [0.3, 0.4) is 0 Å². The summed E-state index contributed by atoms with van der Waals surface area (Å²) in [7, 11) is 0. The van der Waals surface area contributed by atoms with E-state index in [1.54, 1.807) is 23.1 Å². The topological polar surface area (TPSA) is 47.0 Å². The van der Waals surface area contributed by atoms with Crippen LogP contribution in [0.2, 0.25) is 0 Å². The molecule has 28 heavy (non-hydrogen) atoms. The normalized spacial score (nSPS) is 19.0. The second-order valence-corrected chi connectivity index (χ2v) is 9.72. The molecule has 1 aliphatic heterocycles. The Labute approximate surface area is 175 Å².